The van der Waals surface area contributed by atoms with Gasteiger partial charge in [-0.3, -0.25) is 4.79 Å². The number of halogens is 1. The minimum atomic E-state index is -0.528. The van der Waals surface area contributed by atoms with Crippen molar-refractivity contribution in [2.75, 3.05) is 13.1 Å². The zero-order valence-electron chi connectivity index (χ0n) is 11.8. The van der Waals surface area contributed by atoms with Crippen molar-refractivity contribution < 1.29 is 4.79 Å². The lowest BCUT2D eigenvalue weighted by atomic mass is 9.93. The van der Waals surface area contributed by atoms with Gasteiger partial charge in [-0.25, -0.2) is 0 Å². The first-order chi connectivity index (χ1) is 8.39. The third-order valence-corrected chi connectivity index (χ3v) is 3.69. The number of benzene rings is 1. The fourth-order valence-corrected chi connectivity index (χ4v) is 2.41. The van der Waals surface area contributed by atoms with E-state index in [0.29, 0.717) is 0 Å². The molecule has 0 spiro atoms. The summed E-state index contributed by atoms with van der Waals surface area (Å²) in [5.41, 5.74) is 8.37. The monoisotopic (exact) mass is 282 g/mol. The number of amides is 1. The molecule has 0 bridgehead atoms. The molecule has 1 fully saturated rings. The highest BCUT2D eigenvalue weighted by atomic mass is 35.5. The Labute approximate surface area is 121 Å². The Kier molecular flexibility index (Phi) is 4.99. The number of hydrogen-bond donors (Lipinski definition) is 1. The van der Waals surface area contributed by atoms with Crippen LogP contribution in [-0.2, 0) is 4.79 Å². The van der Waals surface area contributed by atoms with Crippen LogP contribution in [0.15, 0.2) is 24.3 Å². The third-order valence-electron chi connectivity index (χ3n) is 3.69. The molecule has 3 nitrogen and oxygen atoms in total. The largest absolute Gasteiger partial charge is 0.340 e. The summed E-state index contributed by atoms with van der Waals surface area (Å²) in [5, 5.41) is 0. The van der Waals surface area contributed by atoms with Gasteiger partial charge in [0, 0.05) is 13.1 Å². The molecule has 1 atom stereocenters. The summed E-state index contributed by atoms with van der Waals surface area (Å²) in [4.78, 5) is 14.2. The number of rotatable bonds is 2. The topological polar surface area (TPSA) is 46.3 Å². The van der Waals surface area contributed by atoms with Gasteiger partial charge in [0.1, 0.15) is 6.04 Å². The van der Waals surface area contributed by atoms with E-state index in [-0.39, 0.29) is 23.7 Å². The van der Waals surface area contributed by atoms with Crippen molar-refractivity contribution in [3.8, 4) is 0 Å². The summed E-state index contributed by atoms with van der Waals surface area (Å²) in [7, 11) is 0. The molecule has 19 heavy (non-hydrogen) atoms. The summed E-state index contributed by atoms with van der Waals surface area (Å²) in [6, 6.07) is 7.35. The van der Waals surface area contributed by atoms with E-state index in [2.05, 4.69) is 13.8 Å². The maximum atomic E-state index is 12.3. The van der Waals surface area contributed by atoms with Crippen LogP contribution in [0.25, 0.3) is 0 Å². The molecule has 1 aliphatic rings. The molecule has 4 heteroatoms. The van der Waals surface area contributed by atoms with E-state index in [1.165, 1.54) is 5.56 Å². The summed E-state index contributed by atoms with van der Waals surface area (Å²) in [5.74, 6) is 0.0458. The highest BCUT2D eigenvalue weighted by molar-refractivity contribution is 5.85. The number of carbonyl (C=O) groups excluding carboxylic acids is 1. The molecular formula is C15H23ClN2O. The van der Waals surface area contributed by atoms with Crippen molar-refractivity contribution in [1.82, 2.24) is 4.90 Å². The zero-order valence-corrected chi connectivity index (χ0v) is 12.7. The van der Waals surface area contributed by atoms with E-state index >= 15 is 0 Å². The van der Waals surface area contributed by atoms with Gasteiger partial charge in [-0.1, -0.05) is 43.7 Å². The normalized spacial score (nSPS) is 18.8. The van der Waals surface area contributed by atoms with E-state index < -0.39 is 6.04 Å². The molecule has 1 heterocycles. The minimum absolute atomic E-state index is 0. The van der Waals surface area contributed by atoms with Crippen molar-refractivity contribution in [3.05, 3.63) is 35.4 Å². The molecule has 1 amide bonds. The number of aryl methyl sites for hydroxylation is 1. The maximum absolute atomic E-state index is 12.3. The molecule has 2 rings (SSSR count). The number of nitrogens with two attached hydrogens (primary N) is 1. The van der Waals surface area contributed by atoms with Crippen LogP contribution in [0.5, 0.6) is 0 Å². The van der Waals surface area contributed by atoms with Crippen molar-refractivity contribution in [2.24, 2.45) is 11.1 Å². The van der Waals surface area contributed by atoms with Crippen LogP contribution in [0.3, 0.4) is 0 Å². The standard InChI is InChI=1S/C15H22N2O.ClH/c1-11-4-6-12(7-5-11)13(16)14(18)17-9-8-15(2,3)10-17;/h4-7,13H,8-10,16H2,1-3H3;1H. The average molecular weight is 283 g/mol. The molecule has 0 saturated carbocycles. The summed E-state index contributed by atoms with van der Waals surface area (Å²) >= 11 is 0. The van der Waals surface area contributed by atoms with Gasteiger partial charge in [0.05, 0.1) is 0 Å². The predicted octanol–water partition coefficient (Wildman–Crippen LogP) is 2.68. The van der Waals surface area contributed by atoms with Crippen LogP contribution in [0.2, 0.25) is 0 Å². The smallest absolute Gasteiger partial charge is 0.244 e. The molecule has 1 aromatic rings. The first-order valence-electron chi connectivity index (χ1n) is 6.50. The van der Waals surface area contributed by atoms with E-state index in [0.717, 1.165) is 25.1 Å². The molecule has 1 aromatic carbocycles. The SMILES string of the molecule is Cc1ccc(C(N)C(=O)N2CCC(C)(C)C2)cc1.Cl. The second-order valence-electron chi connectivity index (χ2n) is 6.06. The Morgan fingerprint density at radius 3 is 2.37 bits per heavy atom. The molecular weight excluding hydrogens is 260 g/mol. The van der Waals surface area contributed by atoms with Gasteiger partial charge >= 0.3 is 0 Å². The van der Waals surface area contributed by atoms with Gasteiger partial charge in [-0.05, 0) is 24.3 Å². The summed E-state index contributed by atoms with van der Waals surface area (Å²) in [6.07, 6.45) is 1.05. The summed E-state index contributed by atoms with van der Waals surface area (Å²) in [6.45, 7) is 8.05. The van der Waals surface area contributed by atoms with Gasteiger partial charge in [0.2, 0.25) is 5.91 Å². The lowest BCUT2D eigenvalue weighted by Crippen LogP contribution is -2.37. The van der Waals surface area contributed by atoms with Crippen molar-refractivity contribution in [2.45, 2.75) is 33.2 Å². The number of carbonyl (C=O) groups is 1. The second-order valence-corrected chi connectivity index (χ2v) is 6.06. The Balaban J connectivity index is 0.00000180. The van der Waals surface area contributed by atoms with Crippen molar-refractivity contribution >= 4 is 18.3 Å². The summed E-state index contributed by atoms with van der Waals surface area (Å²) < 4.78 is 0. The average Bonchev–Trinajstić information content (AvgIpc) is 2.69. The molecule has 0 aromatic heterocycles. The molecule has 1 saturated heterocycles. The lowest BCUT2D eigenvalue weighted by Gasteiger charge is -2.23. The lowest BCUT2D eigenvalue weighted by molar-refractivity contribution is -0.132. The van der Waals surface area contributed by atoms with Crippen molar-refractivity contribution in [3.63, 3.8) is 0 Å². The molecule has 2 N–H and O–H groups in total. The number of likely N-dealkylation sites (tertiary alicyclic amines) is 1. The Bertz CT molecular complexity index is 442. The molecule has 106 valence electrons. The Morgan fingerprint density at radius 1 is 1.32 bits per heavy atom. The van der Waals surface area contributed by atoms with Gasteiger partial charge in [0.15, 0.2) is 0 Å². The fraction of sp³-hybridized carbons (Fsp3) is 0.533. The van der Waals surface area contributed by atoms with Gasteiger partial charge in [-0.2, -0.15) is 0 Å². The van der Waals surface area contributed by atoms with Gasteiger partial charge in [-0.15, -0.1) is 12.4 Å². The van der Waals surface area contributed by atoms with E-state index in [4.69, 9.17) is 5.73 Å². The number of hydrogen-bond acceptors (Lipinski definition) is 2. The molecule has 0 radical (unpaired) electrons. The Morgan fingerprint density at radius 2 is 1.89 bits per heavy atom. The van der Waals surface area contributed by atoms with Gasteiger partial charge in [0.25, 0.3) is 0 Å². The Hall–Kier alpha value is -1.06. The highest BCUT2D eigenvalue weighted by Gasteiger charge is 2.34. The first kappa shape index (κ1) is 16.0. The van der Waals surface area contributed by atoms with Crippen molar-refractivity contribution in [1.29, 1.82) is 0 Å². The van der Waals surface area contributed by atoms with Crippen LogP contribution in [0.4, 0.5) is 0 Å². The van der Waals surface area contributed by atoms with Crippen LogP contribution in [-0.4, -0.2) is 23.9 Å². The van der Waals surface area contributed by atoms with Crippen LogP contribution in [0, 0.1) is 12.3 Å². The molecule has 1 unspecified atom stereocenters. The molecule has 1 aliphatic heterocycles. The first-order valence-corrected chi connectivity index (χ1v) is 6.50. The van der Waals surface area contributed by atoms with E-state index in [1.54, 1.807) is 0 Å². The maximum Gasteiger partial charge on any atom is 0.244 e. The van der Waals surface area contributed by atoms with Crippen LogP contribution < -0.4 is 5.73 Å². The van der Waals surface area contributed by atoms with Gasteiger partial charge < -0.3 is 10.6 Å². The van der Waals surface area contributed by atoms with Crippen LogP contribution in [0.1, 0.15) is 37.4 Å². The van der Waals surface area contributed by atoms with E-state index in [1.807, 2.05) is 36.1 Å². The van der Waals surface area contributed by atoms with E-state index in [9.17, 15) is 4.79 Å². The third kappa shape index (κ3) is 3.71. The predicted molar refractivity (Wildman–Crippen MR) is 80.3 cm³/mol. The second kappa shape index (κ2) is 5.93. The minimum Gasteiger partial charge on any atom is -0.340 e. The fourth-order valence-electron chi connectivity index (χ4n) is 2.41. The number of nitrogens with zero attached hydrogens (tertiary/aromatic N) is 1. The quantitative estimate of drug-likeness (QED) is 0.906. The van der Waals surface area contributed by atoms with Crippen LogP contribution >= 0.6 is 12.4 Å². The zero-order chi connectivity index (χ0) is 13.3. The highest BCUT2D eigenvalue weighted by Crippen LogP contribution is 2.30. The molecule has 0 aliphatic carbocycles.